The van der Waals surface area contributed by atoms with Gasteiger partial charge in [-0.05, 0) is 26.2 Å². The molecule has 0 amide bonds. The molecule has 0 rings (SSSR count). The standard InChI is InChI=1S/C10H22O2.CH4/c1-9(2)5-6-11-7-8-12-10(3)4;/h9-10H,5-8H2,1-4H3;1H4. The highest BCUT2D eigenvalue weighted by Gasteiger charge is 1.95. The van der Waals surface area contributed by atoms with Gasteiger partial charge >= 0.3 is 0 Å². The first-order valence-corrected chi connectivity index (χ1v) is 4.82. The molecule has 0 aliphatic carbocycles. The first-order chi connectivity index (χ1) is 5.63. The van der Waals surface area contributed by atoms with E-state index in [1.165, 1.54) is 0 Å². The van der Waals surface area contributed by atoms with Gasteiger partial charge in [-0.25, -0.2) is 0 Å². The van der Waals surface area contributed by atoms with Crippen molar-refractivity contribution in [3.05, 3.63) is 0 Å². The topological polar surface area (TPSA) is 18.5 Å². The van der Waals surface area contributed by atoms with Gasteiger partial charge in [-0.15, -0.1) is 0 Å². The average molecular weight is 190 g/mol. The highest BCUT2D eigenvalue weighted by atomic mass is 16.5. The lowest BCUT2D eigenvalue weighted by Crippen LogP contribution is -2.10. The molecular weight excluding hydrogens is 164 g/mol. The zero-order valence-electron chi connectivity index (χ0n) is 8.80. The third-order valence-corrected chi connectivity index (χ3v) is 1.52. The lowest BCUT2D eigenvalue weighted by atomic mass is 10.1. The molecule has 0 aromatic rings. The van der Waals surface area contributed by atoms with E-state index in [-0.39, 0.29) is 7.43 Å². The van der Waals surface area contributed by atoms with Crippen molar-refractivity contribution in [1.29, 1.82) is 0 Å². The van der Waals surface area contributed by atoms with Gasteiger partial charge < -0.3 is 9.47 Å². The molecule has 0 N–H and O–H groups in total. The third kappa shape index (κ3) is 14.7. The van der Waals surface area contributed by atoms with Gasteiger partial charge in [0.2, 0.25) is 0 Å². The Bertz CT molecular complexity index is 78.1. The zero-order valence-corrected chi connectivity index (χ0v) is 8.80. The highest BCUT2D eigenvalue weighted by molar-refractivity contribution is 4.43. The van der Waals surface area contributed by atoms with Crippen molar-refractivity contribution in [3.8, 4) is 0 Å². The summed E-state index contributed by atoms with van der Waals surface area (Å²) in [5.41, 5.74) is 0. The molecule has 0 atom stereocenters. The Balaban J connectivity index is 0. The van der Waals surface area contributed by atoms with Crippen LogP contribution in [0.25, 0.3) is 0 Å². The number of hydrogen-bond acceptors (Lipinski definition) is 2. The Morgan fingerprint density at radius 2 is 1.54 bits per heavy atom. The maximum absolute atomic E-state index is 5.37. The van der Waals surface area contributed by atoms with Crippen LogP contribution in [0.2, 0.25) is 0 Å². The molecule has 0 fully saturated rings. The summed E-state index contributed by atoms with van der Waals surface area (Å²) >= 11 is 0. The van der Waals surface area contributed by atoms with Crippen LogP contribution >= 0.6 is 0 Å². The van der Waals surface area contributed by atoms with Gasteiger partial charge in [-0.2, -0.15) is 0 Å². The quantitative estimate of drug-likeness (QED) is 0.574. The van der Waals surface area contributed by atoms with Crippen LogP contribution < -0.4 is 0 Å². The van der Waals surface area contributed by atoms with E-state index in [0.29, 0.717) is 6.10 Å². The van der Waals surface area contributed by atoms with Crippen LogP contribution in [0.4, 0.5) is 0 Å². The van der Waals surface area contributed by atoms with Gasteiger partial charge in [0.15, 0.2) is 0 Å². The molecule has 0 saturated heterocycles. The zero-order chi connectivity index (χ0) is 9.40. The van der Waals surface area contributed by atoms with Gasteiger partial charge in [-0.1, -0.05) is 21.3 Å². The molecular formula is C11H26O2. The van der Waals surface area contributed by atoms with Crippen molar-refractivity contribution in [2.45, 2.75) is 47.6 Å². The lowest BCUT2D eigenvalue weighted by Gasteiger charge is -2.08. The molecule has 2 nitrogen and oxygen atoms in total. The SMILES string of the molecule is C.CC(C)CCOCCOC(C)C. The van der Waals surface area contributed by atoms with Crippen LogP contribution in [-0.2, 0) is 9.47 Å². The summed E-state index contributed by atoms with van der Waals surface area (Å²) in [4.78, 5) is 0. The first kappa shape index (κ1) is 15.4. The van der Waals surface area contributed by atoms with E-state index >= 15 is 0 Å². The summed E-state index contributed by atoms with van der Waals surface area (Å²) in [5.74, 6) is 0.732. The summed E-state index contributed by atoms with van der Waals surface area (Å²) in [7, 11) is 0. The van der Waals surface area contributed by atoms with Gasteiger partial charge in [0.1, 0.15) is 0 Å². The highest BCUT2D eigenvalue weighted by Crippen LogP contribution is 1.98. The van der Waals surface area contributed by atoms with Gasteiger partial charge in [0.05, 0.1) is 19.3 Å². The molecule has 0 spiro atoms. The maximum Gasteiger partial charge on any atom is 0.0703 e. The normalized spacial score (nSPS) is 10.6. The Kier molecular flexibility index (Phi) is 11.8. The lowest BCUT2D eigenvalue weighted by molar-refractivity contribution is 0.0171. The van der Waals surface area contributed by atoms with Gasteiger partial charge in [-0.3, -0.25) is 0 Å². The fourth-order valence-electron chi connectivity index (χ4n) is 0.764. The molecule has 2 heteroatoms. The van der Waals surface area contributed by atoms with Crippen molar-refractivity contribution in [2.24, 2.45) is 5.92 Å². The fraction of sp³-hybridized carbons (Fsp3) is 1.00. The van der Waals surface area contributed by atoms with Crippen LogP contribution in [0.5, 0.6) is 0 Å². The van der Waals surface area contributed by atoms with E-state index in [0.717, 1.165) is 32.2 Å². The van der Waals surface area contributed by atoms with E-state index < -0.39 is 0 Å². The predicted molar refractivity (Wildman–Crippen MR) is 58.1 cm³/mol. The van der Waals surface area contributed by atoms with Crippen molar-refractivity contribution >= 4 is 0 Å². The fourth-order valence-corrected chi connectivity index (χ4v) is 0.764. The molecule has 0 unspecified atom stereocenters. The summed E-state index contributed by atoms with van der Waals surface area (Å²) in [5, 5.41) is 0. The molecule has 82 valence electrons. The van der Waals surface area contributed by atoms with Gasteiger partial charge in [0.25, 0.3) is 0 Å². The van der Waals surface area contributed by atoms with Crippen molar-refractivity contribution in [3.63, 3.8) is 0 Å². The van der Waals surface area contributed by atoms with Crippen molar-refractivity contribution < 1.29 is 9.47 Å². The molecule has 0 heterocycles. The predicted octanol–water partition coefficient (Wildman–Crippen LogP) is 3.11. The molecule has 0 aliphatic heterocycles. The summed E-state index contributed by atoms with van der Waals surface area (Å²) in [6.45, 7) is 10.8. The molecule has 0 aromatic carbocycles. The van der Waals surface area contributed by atoms with Crippen LogP contribution in [-0.4, -0.2) is 25.9 Å². The van der Waals surface area contributed by atoms with E-state index in [1.807, 2.05) is 13.8 Å². The maximum atomic E-state index is 5.37. The molecule has 0 aromatic heterocycles. The second-order valence-corrected chi connectivity index (χ2v) is 3.71. The Hall–Kier alpha value is -0.0800. The second-order valence-electron chi connectivity index (χ2n) is 3.71. The number of hydrogen-bond donors (Lipinski definition) is 0. The van der Waals surface area contributed by atoms with Gasteiger partial charge in [0, 0.05) is 6.61 Å². The number of ether oxygens (including phenoxy) is 2. The van der Waals surface area contributed by atoms with Crippen molar-refractivity contribution in [2.75, 3.05) is 19.8 Å². The molecule has 0 radical (unpaired) electrons. The average Bonchev–Trinajstić information content (AvgIpc) is 1.95. The molecule has 0 bridgehead atoms. The molecule has 0 aliphatic rings. The van der Waals surface area contributed by atoms with Crippen LogP contribution in [0.15, 0.2) is 0 Å². The van der Waals surface area contributed by atoms with E-state index in [1.54, 1.807) is 0 Å². The smallest absolute Gasteiger partial charge is 0.0703 e. The number of rotatable bonds is 7. The third-order valence-electron chi connectivity index (χ3n) is 1.52. The largest absolute Gasteiger partial charge is 0.379 e. The summed E-state index contributed by atoms with van der Waals surface area (Å²) < 4.78 is 10.7. The Labute approximate surface area is 83.6 Å². The Morgan fingerprint density at radius 1 is 0.923 bits per heavy atom. The Morgan fingerprint density at radius 3 is 2.00 bits per heavy atom. The monoisotopic (exact) mass is 190 g/mol. The first-order valence-electron chi connectivity index (χ1n) is 4.82. The molecule has 13 heavy (non-hydrogen) atoms. The van der Waals surface area contributed by atoms with Crippen molar-refractivity contribution in [1.82, 2.24) is 0 Å². The molecule has 0 saturated carbocycles. The minimum atomic E-state index is 0. The minimum absolute atomic E-state index is 0. The second kappa shape index (κ2) is 10.0. The van der Waals surface area contributed by atoms with E-state index in [2.05, 4.69) is 13.8 Å². The van der Waals surface area contributed by atoms with Crippen LogP contribution in [0.1, 0.15) is 41.5 Å². The summed E-state index contributed by atoms with van der Waals surface area (Å²) in [6, 6.07) is 0. The van der Waals surface area contributed by atoms with E-state index in [4.69, 9.17) is 9.47 Å². The van der Waals surface area contributed by atoms with E-state index in [9.17, 15) is 0 Å². The van der Waals surface area contributed by atoms with Crippen LogP contribution in [0, 0.1) is 5.92 Å². The van der Waals surface area contributed by atoms with Crippen LogP contribution in [0.3, 0.4) is 0 Å². The summed E-state index contributed by atoms with van der Waals surface area (Å²) in [6.07, 6.45) is 1.46. The minimum Gasteiger partial charge on any atom is -0.379 e.